The van der Waals surface area contributed by atoms with Crippen molar-refractivity contribution in [3.05, 3.63) is 36.0 Å². The van der Waals surface area contributed by atoms with Crippen molar-refractivity contribution in [1.29, 1.82) is 0 Å². The average molecular weight is 303 g/mol. The highest BCUT2D eigenvalue weighted by molar-refractivity contribution is 7.98. The van der Waals surface area contributed by atoms with Crippen LogP contribution in [0.3, 0.4) is 0 Å². The molecule has 0 fully saturated rings. The second-order valence-corrected chi connectivity index (χ2v) is 5.97. The topological polar surface area (TPSA) is 54.0 Å². The minimum Gasteiger partial charge on any atom is -0.373 e. The maximum absolute atomic E-state index is 12.3. The van der Waals surface area contributed by atoms with Crippen molar-refractivity contribution in [2.75, 3.05) is 24.4 Å². The van der Waals surface area contributed by atoms with Gasteiger partial charge in [-0.2, -0.15) is 11.8 Å². The van der Waals surface area contributed by atoms with Crippen LogP contribution in [0.1, 0.15) is 23.8 Å². The lowest BCUT2D eigenvalue weighted by Crippen LogP contribution is -2.33. The first-order chi connectivity index (χ1) is 10.2. The summed E-state index contributed by atoms with van der Waals surface area (Å²) in [6.45, 7) is 2.02. The van der Waals surface area contributed by atoms with Crippen LogP contribution >= 0.6 is 11.8 Å². The Hall–Kier alpha value is -1.75. The number of carbonyl (C=O) groups excluding carboxylic acids is 1. The van der Waals surface area contributed by atoms with Gasteiger partial charge in [-0.25, -0.2) is 4.98 Å². The third-order valence-corrected chi connectivity index (χ3v) is 3.99. The van der Waals surface area contributed by atoms with E-state index in [0.29, 0.717) is 5.69 Å². The average Bonchev–Trinajstić information content (AvgIpc) is 2.51. The zero-order valence-corrected chi connectivity index (χ0v) is 13.5. The Morgan fingerprint density at radius 1 is 1.38 bits per heavy atom. The van der Waals surface area contributed by atoms with E-state index in [2.05, 4.69) is 21.9 Å². The quantitative estimate of drug-likeness (QED) is 0.861. The SMILES string of the molecule is CNc1nc(C(=O)NC(C)CCSC)cc2ccccc12. The molecule has 0 radical (unpaired) electrons. The number of fused-ring (bicyclic) bond motifs is 1. The Kier molecular flexibility index (Phi) is 5.44. The van der Waals surface area contributed by atoms with Crippen LogP contribution in [0.5, 0.6) is 0 Å². The summed E-state index contributed by atoms with van der Waals surface area (Å²) in [5, 5.41) is 8.10. The van der Waals surface area contributed by atoms with E-state index >= 15 is 0 Å². The first-order valence-corrected chi connectivity index (χ1v) is 8.42. The summed E-state index contributed by atoms with van der Waals surface area (Å²) < 4.78 is 0. The summed E-state index contributed by atoms with van der Waals surface area (Å²) in [5.41, 5.74) is 0.453. The molecule has 1 aromatic carbocycles. The number of anilines is 1. The molecule has 0 aliphatic rings. The van der Waals surface area contributed by atoms with Crippen LogP contribution in [-0.2, 0) is 0 Å². The van der Waals surface area contributed by atoms with Gasteiger partial charge in [-0.3, -0.25) is 4.79 Å². The number of hydrogen-bond acceptors (Lipinski definition) is 4. The molecule has 4 nitrogen and oxygen atoms in total. The number of carbonyl (C=O) groups is 1. The number of benzene rings is 1. The van der Waals surface area contributed by atoms with Crippen molar-refractivity contribution in [2.24, 2.45) is 0 Å². The number of pyridine rings is 1. The number of rotatable bonds is 6. The smallest absolute Gasteiger partial charge is 0.270 e. The predicted molar refractivity (Wildman–Crippen MR) is 91.2 cm³/mol. The van der Waals surface area contributed by atoms with Crippen LogP contribution in [-0.4, -0.2) is 36.0 Å². The van der Waals surface area contributed by atoms with Gasteiger partial charge in [0.25, 0.3) is 5.91 Å². The van der Waals surface area contributed by atoms with Crippen LogP contribution in [0.15, 0.2) is 30.3 Å². The Bertz CT molecular complexity index is 630. The summed E-state index contributed by atoms with van der Waals surface area (Å²) in [7, 11) is 1.82. The monoisotopic (exact) mass is 303 g/mol. The van der Waals surface area contributed by atoms with Crippen molar-refractivity contribution in [2.45, 2.75) is 19.4 Å². The van der Waals surface area contributed by atoms with Gasteiger partial charge in [0.1, 0.15) is 11.5 Å². The Balaban J connectivity index is 2.23. The number of aromatic nitrogens is 1. The van der Waals surface area contributed by atoms with Crippen molar-refractivity contribution in [3.63, 3.8) is 0 Å². The van der Waals surface area contributed by atoms with E-state index in [9.17, 15) is 4.79 Å². The molecule has 21 heavy (non-hydrogen) atoms. The summed E-state index contributed by atoms with van der Waals surface area (Å²) >= 11 is 1.78. The van der Waals surface area contributed by atoms with E-state index in [-0.39, 0.29) is 11.9 Å². The molecule has 1 atom stereocenters. The van der Waals surface area contributed by atoms with Gasteiger partial charge >= 0.3 is 0 Å². The predicted octanol–water partition coefficient (Wildman–Crippen LogP) is 3.15. The summed E-state index contributed by atoms with van der Waals surface area (Å²) in [5.74, 6) is 1.65. The van der Waals surface area contributed by atoms with Gasteiger partial charge in [0.2, 0.25) is 0 Å². The molecule has 0 saturated heterocycles. The van der Waals surface area contributed by atoms with Crippen LogP contribution in [0.25, 0.3) is 10.8 Å². The second kappa shape index (κ2) is 7.31. The van der Waals surface area contributed by atoms with Crippen molar-refractivity contribution in [1.82, 2.24) is 10.3 Å². The maximum Gasteiger partial charge on any atom is 0.270 e. The van der Waals surface area contributed by atoms with E-state index in [0.717, 1.165) is 28.8 Å². The lowest BCUT2D eigenvalue weighted by molar-refractivity contribution is 0.0935. The van der Waals surface area contributed by atoms with E-state index in [1.807, 2.05) is 44.3 Å². The first kappa shape index (κ1) is 15.6. The molecule has 0 aliphatic carbocycles. The Labute approximate surface area is 129 Å². The lowest BCUT2D eigenvalue weighted by atomic mass is 10.1. The maximum atomic E-state index is 12.3. The van der Waals surface area contributed by atoms with E-state index in [4.69, 9.17) is 0 Å². The van der Waals surface area contributed by atoms with Crippen molar-refractivity contribution < 1.29 is 4.79 Å². The number of nitrogens with zero attached hydrogens (tertiary/aromatic N) is 1. The molecule has 0 aliphatic heterocycles. The lowest BCUT2D eigenvalue weighted by Gasteiger charge is -2.14. The van der Waals surface area contributed by atoms with Gasteiger partial charge in [0.05, 0.1) is 0 Å². The zero-order valence-electron chi connectivity index (χ0n) is 12.6. The van der Waals surface area contributed by atoms with E-state index < -0.39 is 0 Å². The van der Waals surface area contributed by atoms with Crippen LogP contribution in [0.4, 0.5) is 5.82 Å². The molecular formula is C16H21N3OS. The molecule has 0 spiro atoms. The largest absolute Gasteiger partial charge is 0.373 e. The second-order valence-electron chi connectivity index (χ2n) is 4.98. The van der Waals surface area contributed by atoms with Gasteiger partial charge in [-0.15, -0.1) is 0 Å². The summed E-state index contributed by atoms with van der Waals surface area (Å²) in [4.78, 5) is 16.7. The highest BCUT2D eigenvalue weighted by Gasteiger charge is 2.13. The van der Waals surface area contributed by atoms with Gasteiger partial charge in [-0.05, 0) is 36.8 Å². The molecule has 1 amide bonds. The first-order valence-electron chi connectivity index (χ1n) is 7.03. The third kappa shape index (κ3) is 3.88. The number of thioether (sulfide) groups is 1. The molecular weight excluding hydrogens is 282 g/mol. The van der Waals surface area contributed by atoms with Gasteiger partial charge in [-0.1, -0.05) is 24.3 Å². The molecule has 2 N–H and O–H groups in total. The number of hydrogen-bond donors (Lipinski definition) is 2. The van der Waals surface area contributed by atoms with E-state index in [1.54, 1.807) is 11.8 Å². The van der Waals surface area contributed by atoms with Gasteiger partial charge < -0.3 is 10.6 Å². The summed E-state index contributed by atoms with van der Waals surface area (Å²) in [6.07, 6.45) is 3.03. The fraction of sp³-hybridized carbons (Fsp3) is 0.375. The molecule has 0 saturated carbocycles. The Morgan fingerprint density at radius 3 is 2.86 bits per heavy atom. The fourth-order valence-electron chi connectivity index (χ4n) is 2.17. The van der Waals surface area contributed by atoms with Gasteiger partial charge in [0, 0.05) is 18.5 Å². The molecule has 112 valence electrons. The van der Waals surface area contributed by atoms with Gasteiger partial charge in [0.15, 0.2) is 0 Å². The fourth-order valence-corrected chi connectivity index (χ4v) is 2.76. The molecule has 1 unspecified atom stereocenters. The third-order valence-electron chi connectivity index (χ3n) is 3.34. The van der Waals surface area contributed by atoms with Crippen LogP contribution in [0, 0.1) is 0 Å². The molecule has 2 aromatic rings. The minimum absolute atomic E-state index is 0.120. The molecule has 1 aromatic heterocycles. The normalized spacial score (nSPS) is 12.1. The number of amides is 1. The standard InChI is InChI=1S/C16H21N3OS/c1-11(8-9-21-3)18-16(20)14-10-12-6-4-5-7-13(12)15(17-2)19-14/h4-7,10-11H,8-9H2,1-3H3,(H,17,19)(H,18,20). The van der Waals surface area contributed by atoms with Crippen molar-refractivity contribution in [3.8, 4) is 0 Å². The van der Waals surface area contributed by atoms with Crippen molar-refractivity contribution >= 4 is 34.3 Å². The molecule has 2 rings (SSSR count). The van der Waals surface area contributed by atoms with Crippen LogP contribution < -0.4 is 10.6 Å². The highest BCUT2D eigenvalue weighted by Crippen LogP contribution is 2.22. The minimum atomic E-state index is -0.120. The molecule has 5 heteroatoms. The Morgan fingerprint density at radius 2 is 2.14 bits per heavy atom. The highest BCUT2D eigenvalue weighted by atomic mass is 32.2. The molecule has 0 bridgehead atoms. The zero-order chi connectivity index (χ0) is 15.2. The van der Waals surface area contributed by atoms with E-state index in [1.165, 1.54) is 0 Å². The van der Waals surface area contributed by atoms with Crippen LogP contribution in [0.2, 0.25) is 0 Å². The summed E-state index contributed by atoms with van der Waals surface area (Å²) in [6, 6.07) is 9.91. The molecule has 1 heterocycles. The number of nitrogens with one attached hydrogen (secondary N) is 2.